The number of hydrogen-bond acceptors (Lipinski definition) is 2. The summed E-state index contributed by atoms with van der Waals surface area (Å²) in [5, 5.41) is 2.66. The van der Waals surface area contributed by atoms with Gasteiger partial charge in [0.15, 0.2) is 0 Å². The number of carbonyl (C=O) groups is 1. The molecule has 3 heteroatoms. The Morgan fingerprint density at radius 3 is 3.08 bits per heavy atom. The van der Waals surface area contributed by atoms with E-state index in [0.29, 0.717) is 17.9 Å². The van der Waals surface area contributed by atoms with Crippen molar-refractivity contribution in [2.24, 2.45) is 0 Å². The predicted molar refractivity (Wildman–Crippen MR) is 46.0 cm³/mol. The van der Waals surface area contributed by atoms with Crippen molar-refractivity contribution in [1.82, 2.24) is 5.32 Å². The van der Waals surface area contributed by atoms with Gasteiger partial charge in [-0.3, -0.25) is 4.79 Å². The van der Waals surface area contributed by atoms with Crippen molar-refractivity contribution < 1.29 is 9.21 Å². The van der Waals surface area contributed by atoms with Gasteiger partial charge in [-0.25, -0.2) is 0 Å². The molecular formula is C9H11NO2. The molecule has 1 aromatic rings. The molecule has 0 bridgehead atoms. The molecular weight excluding hydrogens is 154 g/mol. The summed E-state index contributed by atoms with van der Waals surface area (Å²) in [4.78, 5) is 11.3. The lowest BCUT2D eigenvalue weighted by molar-refractivity contribution is 0.0956. The van der Waals surface area contributed by atoms with E-state index < -0.39 is 0 Å². The summed E-state index contributed by atoms with van der Waals surface area (Å²) in [7, 11) is 0. The second kappa shape index (κ2) is 3.76. The van der Waals surface area contributed by atoms with Crippen LogP contribution < -0.4 is 5.32 Å². The monoisotopic (exact) mass is 165 g/mol. The molecule has 0 aliphatic carbocycles. The van der Waals surface area contributed by atoms with Crippen LogP contribution in [0.4, 0.5) is 0 Å². The minimum Gasteiger partial charge on any atom is -0.469 e. The first-order chi connectivity index (χ1) is 5.75. The molecule has 1 N–H and O–H groups in total. The maximum atomic E-state index is 11.3. The summed E-state index contributed by atoms with van der Waals surface area (Å²) in [6, 6.07) is 1.65. The average Bonchev–Trinajstić information content (AvgIpc) is 2.47. The van der Waals surface area contributed by atoms with Gasteiger partial charge in [-0.05, 0) is 13.0 Å². The van der Waals surface area contributed by atoms with Gasteiger partial charge in [0, 0.05) is 6.54 Å². The van der Waals surface area contributed by atoms with Crippen molar-refractivity contribution in [1.29, 1.82) is 0 Å². The van der Waals surface area contributed by atoms with E-state index in [-0.39, 0.29) is 5.91 Å². The maximum absolute atomic E-state index is 11.3. The number of hydrogen-bond donors (Lipinski definition) is 1. The zero-order valence-corrected chi connectivity index (χ0v) is 6.96. The van der Waals surface area contributed by atoms with Crippen molar-refractivity contribution in [3.8, 4) is 0 Å². The Kier molecular flexibility index (Phi) is 2.69. The van der Waals surface area contributed by atoms with Crippen LogP contribution in [-0.2, 0) is 0 Å². The van der Waals surface area contributed by atoms with Gasteiger partial charge in [0.05, 0.1) is 11.8 Å². The van der Waals surface area contributed by atoms with Crippen LogP contribution in [0.15, 0.2) is 29.4 Å². The highest BCUT2D eigenvalue weighted by Crippen LogP contribution is 2.07. The van der Waals surface area contributed by atoms with Crippen LogP contribution in [-0.4, -0.2) is 12.5 Å². The second-order valence-electron chi connectivity index (χ2n) is 2.39. The predicted octanol–water partition coefficient (Wildman–Crippen LogP) is 1.50. The van der Waals surface area contributed by atoms with Crippen LogP contribution in [0.2, 0.25) is 0 Å². The fourth-order valence-electron chi connectivity index (χ4n) is 0.881. The maximum Gasteiger partial charge on any atom is 0.255 e. The molecule has 0 saturated carbocycles. The van der Waals surface area contributed by atoms with E-state index in [1.165, 1.54) is 6.26 Å². The van der Waals surface area contributed by atoms with Gasteiger partial charge in [0.2, 0.25) is 0 Å². The standard InChI is InChI=1S/C9H11NO2/c1-3-5-10-9(11)8-4-6-12-7(8)2/h3-4,6H,1,5H2,2H3,(H,10,11). The molecule has 0 aromatic carbocycles. The van der Waals surface area contributed by atoms with Crippen molar-refractivity contribution in [3.63, 3.8) is 0 Å². The summed E-state index contributed by atoms with van der Waals surface area (Å²) < 4.78 is 4.98. The molecule has 3 nitrogen and oxygen atoms in total. The van der Waals surface area contributed by atoms with Gasteiger partial charge in [0.25, 0.3) is 5.91 Å². The Labute approximate surface area is 71.1 Å². The molecule has 0 spiro atoms. The van der Waals surface area contributed by atoms with E-state index in [9.17, 15) is 4.79 Å². The Hall–Kier alpha value is -1.51. The summed E-state index contributed by atoms with van der Waals surface area (Å²) in [5.41, 5.74) is 0.580. The number of furan rings is 1. The van der Waals surface area contributed by atoms with Crippen LogP contribution >= 0.6 is 0 Å². The van der Waals surface area contributed by atoms with Crippen LogP contribution in [0.25, 0.3) is 0 Å². The van der Waals surface area contributed by atoms with Gasteiger partial charge >= 0.3 is 0 Å². The van der Waals surface area contributed by atoms with Crippen LogP contribution in [0.1, 0.15) is 16.1 Å². The molecule has 0 aliphatic rings. The molecule has 1 rings (SSSR count). The number of amides is 1. The first-order valence-corrected chi connectivity index (χ1v) is 3.69. The highest BCUT2D eigenvalue weighted by Gasteiger charge is 2.08. The minimum atomic E-state index is -0.124. The normalized spacial score (nSPS) is 9.42. The largest absolute Gasteiger partial charge is 0.469 e. The van der Waals surface area contributed by atoms with E-state index in [0.717, 1.165) is 0 Å². The average molecular weight is 165 g/mol. The van der Waals surface area contributed by atoms with Crippen molar-refractivity contribution in [2.75, 3.05) is 6.54 Å². The van der Waals surface area contributed by atoms with Gasteiger partial charge in [0.1, 0.15) is 5.76 Å². The van der Waals surface area contributed by atoms with Gasteiger partial charge < -0.3 is 9.73 Å². The Morgan fingerprint density at radius 2 is 2.58 bits per heavy atom. The molecule has 12 heavy (non-hydrogen) atoms. The van der Waals surface area contributed by atoms with Crippen molar-refractivity contribution in [3.05, 3.63) is 36.3 Å². The molecule has 0 atom stereocenters. The molecule has 0 radical (unpaired) electrons. The molecule has 0 unspecified atom stereocenters. The first-order valence-electron chi connectivity index (χ1n) is 3.69. The van der Waals surface area contributed by atoms with Gasteiger partial charge in [-0.15, -0.1) is 6.58 Å². The molecule has 1 aromatic heterocycles. The van der Waals surface area contributed by atoms with Gasteiger partial charge in [-0.2, -0.15) is 0 Å². The number of aryl methyl sites for hydroxylation is 1. The summed E-state index contributed by atoms with van der Waals surface area (Å²) in [5.74, 6) is 0.512. The SMILES string of the molecule is C=CCNC(=O)c1ccoc1C. The quantitative estimate of drug-likeness (QED) is 0.690. The lowest BCUT2D eigenvalue weighted by atomic mass is 10.2. The third kappa shape index (κ3) is 1.75. The van der Waals surface area contributed by atoms with Crippen LogP contribution in [0, 0.1) is 6.92 Å². The smallest absolute Gasteiger partial charge is 0.255 e. The van der Waals surface area contributed by atoms with E-state index in [4.69, 9.17) is 4.42 Å². The second-order valence-corrected chi connectivity index (χ2v) is 2.39. The van der Waals surface area contributed by atoms with Gasteiger partial charge in [-0.1, -0.05) is 6.08 Å². The molecule has 1 heterocycles. The number of rotatable bonds is 3. The lowest BCUT2D eigenvalue weighted by Crippen LogP contribution is -2.23. The Morgan fingerprint density at radius 1 is 1.83 bits per heavy atom. The zero-order valence-electron chi connectivity index (χ0n) is 6.96. The molecule has 64 valence electrons. The van der Waals surface area contributed by atoms with Crippen molar-refractivity contribution >= 4 is 5.91 Å². The molecule has 0 fully saturated rings. The fourth-order valence-corrected chi connectivity index (χ4v) is 0.881. The van der Waals surface area contributed by atoms with E-state index in [1.54, 1.807) is 19.1 Å². The molecule has 1 amide bonds. The van der Waals surface area contributed by atoms with Crippen LogP contribution in [0.5, 0.6) is 0 Å². The minimum absolute atomic E-state index is 0.124. The Bertz CT molecular complexity index is 288. The molecule has 0 aliphatic heterocycles. The Balaban J connectivity index is 2.65. The van der Waals surface area contributed by atoms with E-state index in [1.807, 2.05) is 0 Å². The summed E-state index contributed by atoms with van der Waals surface area (Å²) in [6.07, 6.45) is 3.13. The summed E-state index contributed by atoms with van der Waals surface area (Å²) >= 11 is 0. The van der Waals surface area contributed by atoms with Crippen molar-refractivity contribution in [2.45, 2.75) is 6.92 Å². The van der Waals surface area contributed by atoms with E-state index in [2.05, 4.69) is 11.9 Å². The molecule has 0 saturated heterocycles. The lowest BCUT2D eigenvalue weighted by Gasteiger charge is -1.98. The summed E-state index contributed by atoms with van der Waals surface area (Å²) in [6.45, 7) is 5.73. The zero-order chi connectivity index (χ0) is 8.97. The number of carbonyl (C=O) groups excluding carboxylic acids is 1. The third-order valence-electron chi connectivity index (χ3n) is 1.51. The third-order valence-corrected chi connectivity index (χ3v) is 1.51. The highest BCUT2D eigenvalue weighted by atomic mass is 16.3. The first kappa shape index (κ1) is 8.59. The number of nitrogens with one attached hydrogen (secondary N) is 1. The fraction of sp³-hybridized carbons (Fsp3) is 0.222. The van der Waals surface area contributed by atoms with E-state index >= 15 is 0 Å². The van der Waals surface area contributed by atoms with Crippen LogP contribution in [0.3, 0.4) is 0 Å². The topological polar surface area (TPSA) is 42.2 Å². The highest BCUT2D eigenvalue weighted by molar-refractivity contribution is 5.95.